The third kappa shape index (κ3) is 5.05. The zero-order chi connectivity index (χ0) is 14.1. The van der Waals surface area contributed by atoms with E-state index < -0.39 is 0 Å². The first-order valence-corrected chi connectivity index (χ1v) is 5.80. The second kappa shape index (κ2) is 7.67. The number of nitrogens with zero attached hydrogens (tertiary/aromatic N) is 1. The molecule has 96 valence electrons. The normalized spacial score (nSPS) is 11.1. The molecule has 19 heavy (non-hydrogen) atoms. The van der Waals surface area contributed by atoms with Crippen LogP contribution in [0.2, 0.25) is 0 Å². The van der Waals surface area contributed by atoms with Crippen LogP contribution >= 0.6 is 0 Å². The van der Waals surface area contributed by atoms with Crippen LogP contribution < -0.4 is 0 Å². The molecule has 0 heterocycles. The van der Waals surface area contributed by atoms with Crippen LogP contribution in [0.5, 0.6) is 0 Å². The van der Waals surface area contributed by atoms with Gasteiger partial charge in [0.2, 0.25) is 0 Å². The molecule has 0 spiro atoms. The molecule has 3 heteroatoms. The zero-order valence-corrected chi connectivity index (χ0v) is 10.8. The first kappa shape index (κ1) is 14.5. The maximum absolute atomic E-state index is 11.6. The molecule has 1 aromatic carbocycles. The molecule has 0 aromatic heterocycles. The molecule has 0 atom stereocenters. The van der Waals surface area contributed by atoms with Crippen molar-refractivity contribution in [2.45, 2.75) is 6.92 Å². The summed E-state index contributed by atoms with van der Waals surface area (Å²) in [5, 5.41) is 8.74. The predicted molar refractivity (Wildman–Crippen MR) is 74.5 cm³/mol. The molecule has 0 aliphatic heterocycles. The van der Waals surface area contributed by atoms with Crippen LogP contribution in [-0.4, -0.2) is 12.6 Å². The minimum atomic E-state index is -0.379. The van der Waals surface area contributed by atoms with E-state index >= 15 is 0 Å². The van der Waals surface area contributed by atoms with E-state index in [1.54, 1.807) is 30.4 Å². The van der Waals surface area contributed by atoms with Crippen molar-refractivity contribution in [2.75, 3.05) is 6.61 Å². The molecule has 0 aliphatic carbocycles. The second-order valence-corrected chi connectivity index (χ2v) is 3.84. The van der Waals surface area contributed by atoms with E-state index in [0.717, 1.165) is 5.56 Å². The Labute approximate surface area is 113 Å². The van der Waals surface area contributed by atoms with Gasteiger partial charge in [0, 0.05) is 0 Å². The van der Waals surface area contributed by atoms with Gasteiger partial charge in [-0.15, -0.1) is 0 Å². The lowest BCUT2D eigenvalue weighted by atomic mass is 10.1. The maximum Gasteiger partial charge on any atom is 0.338 e. The third-order valence-electron chi connectivity index (χ3n) is 2.32. The monoisotopic (exact) mass is 253 g/mol. The van der Waals surface area contributed by atoms with Crippen LogP contribution in [0.1, 0.15) is 15.9 Å². The van der Waals surface area contributed by atoms with Crippen LogP contribution in [0.4, 0.5) is 0 Å². The summed E-state index contributed by atoms with van der Waals surface area (Å²) in [7, 11) is 0. The van der Waals surface area contributed by atoms with Crippen LogP contribution in [-0.2, 0) is 4.74 Å². The lowest BCUT2D eigenvalue weighted by Crippen LogP contribution is -2.04. The lowest BCUT2D eigenvalue weighted by Gasteiger charge is -2.01. The van der Waals surface area contributed by atoms with E-state index in [1.807, 2.05) is 25.1 Å². The van der Waals surface area contributed by atoms with Crippen molar-refractivity contribution in [3.8, 4) is 6.07 Å². The quantitative estimate of drug-likeness (QED) is 0.459. The van der Waals surface area contributed by atoms with Gasteiger partial charge in [0.1, 0.15) is 6.61 Å². The Morgan fingerprint density at radius 2 is 2.11 bits per heavy atom. The van der Waals surface area contributed by atoms with Crippen molar-refractivity contribution in [1.29, 1.82) is 5.26 Å². The second-order valence-electron chi connectivity index (χ2n) is 3.84. The summed E-state index contributed by atoms with van der Waals surface area (Å²) in [5.41, 5.74) is 2.06. The largest absolute Gasteiger partial charge is 0.458 e. The van der Waals surface area contributed by atoms with Gasteiger partial charge in [-0.3, -0.25) is 0 Å². The van der Waals surface area contributed by atoms with Crippen molar-refractivity contribution in [2.24, 2.45) is 0 Å². The fourth-order valence-electron chi connectivity index (χ4n) is 1.33. The average molecular weight is 253 g/mol. The van der Waals surface area contributed by atoms with Gasteiger partial charge in [0.05, 0.1) is 17.2 Å². The van der Waals surface area contributed by atoms with Gasteiger partial charge in [-0.25, -0.2) is 4.79 Å². The number of carbonyl (C=O) groups is 1. The molecule has 0 saturated carbocycles. The summed E-state index contributed by atoms with van der Waals surface area (Å²) in [6.07, 6.45) is 6.31. The fraction of sp³-hybridized carbons (Fsp3) is 0.125. The van der Waals surface area contributed by atoms with Crippen LogP contribution in [0, 0.1) is 18.3 Å². The standard InChI is InChI=1S/C16H15NO2/c1-3-5-14(12-17)6-4-11-19-16(18)15-9-7-13(2)8-10-15/h3-10H,1,11H2,2H3/b6-4-,14-5+. The number of allylic oxidation sites excluding steroid dienone is 4. The Bertz CT molecular complexity index is 545. The summed E-state index contributed by atoms with van der Waals surface area (Å²) >= 11 is 0. The van der Waals surface area contributed by atoms with Crippen molar-refractivity contribution in [1.82, 2.24) is 0 Å². The lowest BCUT2D eigenvalue weighted by molar-refractivity contribution is 0.0549. The Hall–Kier alpha value is -2.60. The molecule has 0 aliphatic rings. The van der Waals surface area contributed by atoms with E-state index in [-0.39, 0.29) is 12.6 Å². The molecule has 3 nitrogen and oxygen atoms in total. The SMILES string of the molecule is C=C/C=C(C#N)\C=C/COC(=O)c1ccc(C)cc1. The van der Waals surface area contributed by atoms with Crippen molar-refractivity contribution in [3.05, 3.63) is 71.8 Å². The highest BCUT2D eigenvalue weighted by Gasteiger charge is 2.04. The number of esters is 1. The highest BCUT2D eigenvalue weighted by Crippen LogP contribution is 2.05. The van der Waals surface area contributed by atoms with E-state index in [4.69, 9.17) is 10.00 Å². The summed E-state index contributed by atoms with van der Waals surface area (Å²) in [6.45, 7) is 5.58. The van der Waals surface area contributed by atoms with E-state index in [1.165, 1.54) is 6.08 Å². The average Bonchev–Trinajstić information content (AvgIpc) is 2.42. The minimum absolute atomic E-state index is 0.128. The summed E-state index contributed by atoms with van der Waals surface area (Å²) in [6, 6.07) is 9.14. The van der Waals surface area contributed by atoms with Gasteiger partial charge < -0.3 is 4.74 Å². The summed E-state index contributed by atoms with van der Waals surface area (Å²) in [5.74, 6) is -0.379. The number of nitriles is 1. The Morgan fingerprint density at radius 3 is 2.68 bits per heavy atom. The smallest absolute Gasteiger partial charge is 0.338 e. The number of carbonyl (C=O) groups excluding carboxylic acids is 1. The fourth-order valence-corrected chi connectivity index (χ4v) is 1.33. The molecular weight excluding hydrogens is 238 g/mol. The third-order valence-corrected chi connectivity index (χ3v) is 2.32. The number of hydrogen-bond donors (Lipinski definition) is 0. The van der Waals surface area contributed by atoms with E-state index in [2.05, 4.69) is 6.58 Å². The van der Waals surface area contributed by atoms with Gasteiger partial charge >= 0.3 is 5.97 Å². The number of rotatable bonds is 5. The molecule has 0 saturated heterocycles. The van der Waals surface area contributed by atoms with E-state index in [0.29, 0.717) is 11.1 Å². The Kier molecular flexibility index (Phi) is 5.84. The number of ether oxygens (including phenoxy) is 1. The van der Waals surface area contributed by atoms with Crippen LogP contribution in [0.25, 0.3) is 0 Å². The summed E-state index contributed by atoms with van der Waals surface area (Å²) in [4.78, 5) is 11.6. The molecule has 0 fully saturated rings. The molecule has 0 radical (unpaired) electrons. The van der Waals surface area contributed by atoms with E-state index in [9.17, 15) is 4.79 Å². The van der Waals surface area contributed by atoms with Crippen LogP contribution in [0.3, 0.4) is 0 Å². The van der Waals surface area contributed by atoms with Crippen molar-refractivity contribution >= 4 is 5.97 Å². The molecule has 1 aromatic rings. The van der Waals surface area contributed by atoms with Crippen LogP contribution in [0.15, 0.2) is 60.7 Å². The van der Waals surface area contributed by atoms with Gasteiger partial charge in [-0.05, 0) is 37.3 Å². The van der Waals surface area contributed by atoms with Crippen molar-refractivity contribution in [3.63, 3.8) is 0 Å². The van der Waals surface area contributed by atoms with Gasteiger partial charge in [0.15, 0.2) is 0 Å². The summed E-state index contributed by atoms with van der Waals surface area (Å²) < 4.78 is 5.05. The first-order valence-electron chi connectivity index (χ1n) is 5.80. The molecule has 0 amide bonds. The number of benzene rings is 1. The molecule has 0 bridgehead atoms. The van der Waals surface area contributed by atoms with Crippen molar-refractivity contribution < 1.29 is 9.53 Å². The topological polar surface area (TPSA) is 50.1 Å². The molecule has 0 unspecified atom stereocenters. The minimum Gasteiger partial charge on any atom is -0.458 e. The highest BCUT2D eigenvalue weighted by atomic mass is 16.5. The van der Waals surface area contributed by atoms with Gasteiger partial charge in [-0.1, -0.05) is 30.4 Å². The Balaban J connectivity index is 2.50. The predicted octanol–water partition coefficient (Wildman–Crippen LogP) is 3.34. The first-order chi connectivity index (χ1) is 9.17. The molecular formula is C16H15NO2. The highest BCUT2D eigenvalue weighted by molar-refractivity contribution is 5.89. The Morgan fingerprint density at radius 1 is 1.42 bits per heavy atom. The zero-order valence-electron chi connectivity index (χ0n) is 10.8. The molecule has 1 rings (SSSR count). The molecule has 0 N–H and O–H groups in total. The van der Waals surface area contributed by atoms with Gasteiger partial charge in [-0.2, -0.15) is 5.26 Å². The number of aryl methyl sites for hydroxylation is 1. The maximum atomic E-state index is 11.6. The number of hydrogen-bond acceptors (Lipinski definition) is 3. The van der Waals surface area contributed by atoms with Gasteiger partial charge in [0.25, 0.3) is 0 Å².